The molecule has 0 fully saturated rings. The zero-order chi connectivity index (χ0) is 15.9. The van der Waals surface area contributed by atoms with E-state index in [4.69, 9.17) is 16.6 Å². The molecule has 0 aliphatic rings. The topological polar surface area (TPSA) is 80.3 Å². The van der Waals surface area contributed by atoms with Gasteiger partial charge in [0.2, 0.25) is 0 Å². The minimum Gasteiger partial charge on any atom is -0.469 e. The summed E-state index contributed by atoms with van der Waals surface area (Å²) in [6.45, 7) is 2.03. The SMILES string of the molecule is C[C@@H](CCc1ccco1)NC(=S)Nc1ccc([N+](=O)[O-])cc1. The summed E-state index contributed by atoms with van der Waals surface area (Å²) in [4.78, 5) is 10.2. The molecule has 0 radical (unpaired) electrons. The highest BCUT2D eigenvalue weighted by Crippen LogP contribution is 2.15. The summed E-state index contributed by atoms with van der Waals surface area (Å²) in [5, 5.41) is 17.3. The van der Waals surface area contributed by atoms with Crippen LogP contribution in [0.15, 0.2) is 47.1 Å². The number of aryl methyl sites for hydroxylation is 1. The summed E-state index contributed by atoms with van der Waals surface area (Å²) in [7, 11) is 0. The fourth-order valence-electron chi connectivity index (χ4n) is 1.94. The Labute approximate surface area is 133 Å². The van der Waals surface area contributed by atoms with Crippen LogP contribution in [0.25, 0.3) is 0 Å². The Balaban J connectivity index is 1.78. The number of benzene rings is 1. The van der Waals surface area contributed by atoms with Crippen LogP contribution >= 0.6 is 12.2 Å². The minimum atomic E-state index is -0.433. The number of thiocarbonyl (C=S) groups is 1. The average molecular weight is 319 g/mol. The largest absolute Gasteiger partial charge is 0.469 e. The van der Waals surface area contributed by atoms with Gasteiger partial charge in [-0.15, -0.1) is 0 Å². The van der Waals surface area contributed by atoms with Gasteiger partial charge in [0.05, 0.1) is 11.2 Å². The zero-order valence-corrected chi connectivity index (χ0v) is 12.9. The molecule has 0 amide bonds. The lowest BCUT2D eigenvalue weighted by Gasteiger charge is -2.16. The monoisotopic (exact) mass is 319 g/mol. The van der Waals surface area contributed by atoms with Gasteiger partial charge in [-0.05, 0) is 49.8 Å². The van der Waals surface area contributed by atoms with E-state index in [0.29, 0.717) is 10.8 Å². The van der Waals surface area contributed by atoms with Crippen molar-refractivity contribution in [3.8, 4) is 0 Å². The van der Waals surface area contributed by atoms with Crippen molar-refractivity contribution >= 4 is 28.7 Å². The van der Waals surface area contributed by atoms with Crippen LogP contribution in [0, 0.1) is 10.1 Å². The van der Waals surface area contributed by atoms with E-state index in [2.05, 4.69) is 10.6 Å². The van der Waals surface area contributed by atoms with Gasteiger partial charge in [0, 0.05) is 30.3 Å². The van der Waals surface area contributed by atoms with E-state index in [1.165, 1.54) is 12.1 Å². The number of furan rings is 1. The molecular weight excluding hydrogens is 302 g/mol. The molecule has 0 aliphatic carbocycles. The minimum absolute atomic E-state index is 0.0521. The number of nitro benzene ring substituents is 1. The number of hydrogen-bond donors (Lipinski definition) is 2. The van der Waals surface area contributed by atoms with E-state index in [9.17, 15) is 10.1 Å². The highest BCUT2D eigenvalue weighted by molar-refractivity contribution is 7.80. The van der Waals surface area contributed by atoms with Crippen LogP contribution < -0.4 is 10.6 Å². The molecule has 7 heteroatoms. The average Bonchev–Trinajstić information content (AvgIpc) is 2.99. The first-order valence-corrected chi connectivity index (χ1v) is 7.30. The molecule has 1 heterocycles. The van der Waals surface area contributed by atoms with E-state index >= 15 is 0 Å². The Morgan fingerprint density at radius 2 is 2.09 bits per heavy atom. The molecule has 0 unspecified atom stereocenters. The van der Waals surface area contributed by atoms with Crippen molar-refractivity contribution in [2.24, 2.45) is 0 Å². The highest BCUT2D eigenvalue weighted by atomic mass is 32.1. The van der Waals surface area contributed by atoms with Crippen LogP contribution in [0.4, 0.5) is 11.4 Å². The molecule has 2 N–H and O–H groups in total. The normalized spacial score (nSPS) is 11.7. The number of nitrogens with zero attached hydrogens (tertiary/aromatic N) is 1. The first kappa shape index (κ1) is 16.0. The predicted molar refractivity (Wildman–Crippen MR) is 88.9 cm³/mol. The van der Waals surface area contributed by atoms with E-state index in [0.717, 1.165) is 18.6 Å². The molecule has 6 nitrogen and oxygen atoms in total. The van der Waals surface area contributed by atoms with Crippen molar-refractivity contribution in [2.45, 2.75) is 25.8 Å². The van der Waals surface area contributed by atoms with E-state index < -0.39 is 4.92 Å². The lowest BCUT2D eigenvalue weighted by atomic mass is 10.1. The molecule has 116 valence electrons. The molecule has 2 rings (SSSR count). The fourth-order valence-corrected chi connectivity index (χ4v) is 2.26. The molecule has 2 aromatic rings. The number of nitro groups is 1. The molecule has 22 heavy (non-hydrogen) atoms. The summed E-state index contributed by atoms with van der Waals surface area (Å²) in [6, 6.07) is 10.1. The zero-order valence-electron chi connectivity index (χ0n) is 12.1. The van der Waals surface area contributed by atoms with Gasteiger partial charge in [-0.1, -0.05) is 0 Å². The summed E-state index contributed by atoms with van der Waals surface area (Å²) < 4.78 is 5.28. The van der Waals surface area contributed by atoms with Gasteiger partial charge in [0.25, 0.3) is 5.69 Å². The van der Waals surface area contributed by atoms with Crippen molar-refractivity contribution in [3.05, 3.63) is 58.5 Å². The smallest absolute Gasteiger partial charge is 0.269 e. The molecule has 1 aromatic heterocycles. The Morgan fingerprint density at radius 3 is 2.68 bits per heavy atom. The molecule has 0 saturated carbocycles. The molecule has 0 spiro atoms. The van der Waals surface area contributed by atoms with Crippen LogP contribution in [-0.2, 0) is 6.42 Å². The van der Waals surface area contributed by atoms with Gasteiger partial charge in [0.15, 0.2) is 5.11 Å². The molecule has 0 bridgehead atoms. The lowest BCUT2D eigenvalue weighted by molar-refractivity contribution is -0.384. The molecule has 1 atom stereocenters. The highest BCUT2D eigenvalue weighted by Gasteiger charge is 2.08. The van der Waals surface area contributed by atoms with E-state index in [1.54, 1.807) is 18.4 Å². The lowest BCUT2D eigenvalue weighted by Crippen LogP contribution is -2.36. The van der Waals surface area contributed by atoms with Gasteiger partial charge in [-0.3, -0.25) is 10.1 Å². The second-order valence-electron chi connectivity index (χ2n) is 4.92. The van der Waals surface area contributed by atoms with Crippen LogP contribution in [0.5, 0.6) is 0 Å². The van der Waals surface area contributed by atoms with Crippen molar-refractivity contribution in [3.63, 3.8) is 0 Å². The van der Waals surface area contributed by atoms with Gasteiger partial charge >= 0.3 is 0 Å². The second-order valence-corrected chi connectivity index (χ2v) is 5.33. The molecule has 1 aromatic carbocycles. The van der Waals surface area contributed by atoms with E-state index in [-0.39, 0.29) is 11.7 Å². The fraction of sp³-hybridized carbons (Fsp3) is 0.267. The molecular formula is C15H17N3O3S. The third kappa shape index (κ3) is 4.85. The van der Waals surface area contributed by atoms with Gasteiger partial charge < -0.3 is 15.1 Å². The van der Waals surface area contributed by atoms with Gasteiger partial charge in [-0.25, -0.2) is 0 Å². The quantitative estimate of drug-likeness (QED) is 0.482. The van der Waals surface area contributed by atoms with Crippen molar-refractivity contribution < 1.29 is 9.34 Å². The summed E-state index contributed by atoms with van der Waals surface area (Å²) in [5.74, 6) is 0.947. The maximum Gasteiger partial charge on any atom is 0.269 e. The Kier molecular flexibility index (Phi) is 5.48. The first-order valence-electron chi connectivity index (χ1n) is 6.89. The third-order valence-electron chi connectivity index (χ3n) is 3.12. The Morgan fingerprint density at radius 1 is 1.36 bits per heavy atom. The summed E-state index contributed by atoms with van der Waals surface area (Å²) in [6.07, 6.45) is 3.38. The van der Waals surface area contributed by atoms with Crippen LogP contribution in [0.1, 0.15) is 19.1 Å². The summed E-state index contributed by atoms with van der Waals surface area (Å²) >= 11 is 5.23. The molecule has 0 saturated heterocycles. The maximum absolute atomic E-state index is 10.6. The van der Waals surface area contributed by atoms with Crippen molar-refractivity contribution in [1.29, 1.82) is 0 Å². The van der Waals surface area contributed by atoms with Crippen LogP contribution in [0.3, 0.4) is 0 Å². The second kappa shape index (κ2) is 7.56. The van der Waals surface area contributed by atoms with Crippen LogP contribution in [-0.4, -0.2) is 16.1 Å². The number of anilines is 1. The maximum atomic E-state index is 10.6. The predicted octanol–water partition coefficient (Wildman–Crippen LogP) is 3.50. The number of rotatable bonds is 6. The standard InChI is InChI=1S/C15H17N3O3S/c1-11(4-9-14-3-2-10-21-14)16-15(22)17-12-5-7-13(8-6-12)18(19)20/h2-3,5-8,10-11H,4,9H2,1H3,(H2,16,17,22)/t11-/m0/s1. The number of non-ortho nitro benzene ring substituents is 1. The van der Waals surface area contributed by atoms with Gasteiger partial charge in [-0.2, -0.15) is 0 Å². The van der Waals surface area contributed by atoms with E-state index in [1.807, 2.05) is 19.1 Å². The summed E-state index contributed by atoms with van der Waals surface area (Å²) in [5.41, 5.74) is 0.762. The van der Waals surface area contributed by atoms with Crippen molar-refractivity contribution in [2.75, 3.05) is 5.32 Å². The van der Waals surface area contributed by atoms with Crippen LogP contribution in [0.2, 0.25) is 0 Å². The molecule has 0 aliphatic heterocycles. The first-order chi connectivity index (χ1) is 10.5. The third-order valence-corrected chi connectivity index (χ3v) is 3.34. The number of nitrogens with one attached hydrogen (secondary N) is 2. The van der Waals surface area contributed by atoms with Crippen molar-refractivity contribution in [1.82, 2.24) is 5.32 Å². The number of hydrogen-bond acceptors (Lipinski definition) is 4. The van der Waals surface area contributed by atoms with Gasteiger partial charge in [0.1, 0.15) is 5.76 Å². The Hall–Kier alpha value is -2.41. The Bertz CT molecular complexity index is 626.